The molecule has 1 heterocycles. The summed E-state index contributed by atoms with van der Waals surface area (Å²) in [6.45, 7) is 7.78. The Morgan fingerprint density at radius 1 is 1.12 bits per heavy atom. The summed E-state index contributed by atoms with van der Waals surface area (Å²) in [6, 6.07) is 11.2. The van der Waals surface area contributed by atoms with Crippen LogP contribution >= 0.6 is 0 Å². The van der Waals surface area contributed by atoms with Gasteiger partial charge in [-0.3, -0.25) is 14.9 Å². The number of ether oxygens (including phenoxy) is 1. The average molecular weight is 490 g/mol. The molecule has 2 aromatic carbocycles. The zero-order valence-electron chi connectivity index (χ0n) is 19.9. The minimum atomic E-state index is -3.89. The standard InChI is InChI=1S/C24H31N3O6S/c1-16(2)33-22-9-6-19(7-10-22)18(4)25-24(28)20-11-13-26(14-12-20)34(31,32)23-15-21(27(29)30)8-5-17(23)3/h5-10,15-16,18,20H,11-14H2,1-4H3,(H,25,28). The number of nitrogens with one attached hydrogen (secondary N) is 1. The summed E-state index contributed by atoms with van der Waals surface area (Å²) in [5, 5.41) is 14.1. The van der Waals surface area contributed by atoms with Crippen molar-refractivity contribution in [1.82, 2.24) is 9.62 Å². The first-order valence-electron chi connectivity index (χ1n) is 11.3. The van der Waals surface area contributed by atoms with Gasteiger partial charge in [0.15, 0.2) is 0 Å². The van der Waals surface area contributed by atoms with Crippen LogP contribution in [0.15, 0.2) is 47.4 Å². The van der Waals surface area contributed by atoms with Crippen LogP contribution in [0.4, 0.5) is 5.69 Å². The Morgan fingerprint density at radius 2 is 1.74 bits per heavy atom. The summed E-state index contributed by atoms with van der Waals surface area (Å²) in [7, 11) is -3.89. The number of nitrogens with zero attached hydrogens (tertiary/aromatic N) is 2. The third kappa shape index (κ3) is 5.92. The SMILES string of the molecule is Cc1ccc([N+](=O)[O-])cc1S(=O)(=O)N1CCC(C(=O)NC(C)c2ccc(OC(C)C)cc2)CC1. The molecular formula is C24H31N3O6S. The van der Waals surface area contributed by atoms with Gasteiger partial charge in [0, 0.05) is 31.1 Å². The van der Waals surface area contributed by atoms with Gasteiger partial charge in [-0.05, 0) is 63.8 Å². The van der Waals surface area contributed by atoms with E-state index < -0.39 is 14.9 Å². The minimum absolute atomic E-state index is 0.0666. The lowest BCUT2D eigenvalue weighted by molar-refractivity contribution is -0.385. The fraction of sp³-hybridized carbons (Fsp3) is 0.458. The maximum atomic E-state index is 13.1. The molecule has 10 heteroatoms. The molecule has 1 N–H and O–H groups in total. The summed E-state index contributed by atoms with van der Waals surface area (Å²) in [5.74, 6) is 0.354. The molecule has 0 aliphatic carbocycles. The summed E-state index contributed by atoms with van der Waals surface area (Å²) < 4.78 is 33.2. The number of carbonyl (C=O) groups is 1. The molecule has 0 bridgehead atoms. The lowest BCUT2D eigenvalue weighted by atomic mass is 9.96. The topological polar surface area (TPSA) is 119 Å². The number of nitro benzene ring substituents is 1. The number of sulfonamides is 1. The summed E-state index contributed by atoms with van der Waals surface area (Å²) >= 11 is 0. The van der Waals surface area contributed by atoms with Gasteiger partial charge in [0.2, 0.25) is 15.9 Å². The van der Waals surface area contributed by atoms with Gasteiger partial charge in [0.05, 0.1) is 22.0 Å². The van der Waals surface area contributed by atoms with E-state index in [0.717, 1.165) is 17.4 Å². The average Bonchev–Trinajstić information content (AvgIpc) is 2.79. The van der Waals surface area contributed by atoms with Crippen LogP contribution in [-0.4, -0.2) is 42.7 Å². The third-order valence-electron chi connectivity index (χ3n) is 5.94. The van der Waals surface area contributed by atoms with Crippen LogP contribution in [0, 0.1) is 23.0 Å². The maximum absolute atomic E-state index is 13.1. The van der Waals surface area contributed by atoms with E-state index in [1.54, 1.807) is 6.92 Å². The number of piperidine rings is 1. The van der Waals surface area contributed by atoms with E-state index in [9.17, 15) is 23.3 Å². The van der Waals surface area contributed by atoms with Crippen molar-refractivity contribution < 1.29 is 22.9 Å². The number of benzene rings is 2. The van der Waals surface area contributed by atoms with E-state index in [1.165, 1.54) is 16.4 Å². The Hall–Kier alpha value is -2.98. The van der Waals surface area contributed by atoms with Crippen LogP contribution < -0.4 is 10.1 Å². The monoisotopic (exact) mass is 489 g/mol. The van der Waals surface area contributed by atoms with E-state index in [0.29, 0.717) is 18.4 Å². The number of non-ortho nitro benzene ring substituents is 1. The second-order valence-electron chi connectivity index (χ2n) is 8.85. The maximum Gasteiger partial charge on any atom is 0.270 e. The van der Waals surface area contributed by atoms with Crippen molar-refractivity contribution in [1.29, 1.82) is 0 Å². The van der Waals surface area contributed by atoms with Gasteiger partial charge < -0.3 is 10.1 Å². The molecule has 1 atom stereocenters. The number of nitro groups is 1. The lowest BCUT2D eigenvalue weighted by Gasteiger charge is -2.31. The Labute approximate surface area is 200 Å². The van der Waals surface area contributed by atoms with Gasteiger partial charge >= 0.3 is 0 Å². The van der Waals surface area contributed by atoms with Crippen molar-refractivity contribution >= 4 is 21.6 Å². The van der Waals surface area contributed by atoms with Gasteiger partial charge in [-0.25, -0.2) is 8.42 Å². The molecule has 34 heavy (non-hydrogen) atoms. The highest BCUT2D eigenvalue weighted by Crippen LogP contribution is 2.29. The first-order chi connectivity index (χ1) is 16.0. The third-order valence-corrected chi connectivity index (χ3v) is 7.98. The fourth-order valence-electron chi connectivity index (χ4n) is 4.00. The lowest BCUT2D eigenvalue weighted by Crippen LogP contribution is -2.43. The largest absolute Gasteiger partial charge is 0.491 e. The van der Waals surface area contributed by atoms with Crippen molar-refractivity contribution in [3.63, 3.8) is 0 Å². The van der Waals surface area contributed by atoms with Crippen LogP contribution in [0.25, 0.3) is 0 Å². The van der Waals surface area contributed by atoms with E-state index >= 15 is 0 Å². The molecule has 1 unspecified atom stereocenters. The quantitative estimate of drug-likeness (QED) is 0.443. The summed E-state index contributed by atoms with van der Waals surface area (Å²) in [5.41, 5.74) is 1.13. The van der Waals surface area contributed by atoms with Crippen molar-refractivity contribution in [2.45, 2.75) is 57.6 Å². The minimum Gasteiger partial charge on any atom is -0.491 e. The molecule has 1 fully saturated rings. The van der Waals surface area contributed by atoms with Crippen LogP contribution in [-0.2, 0) is 14.8 Å². The molecule has 3 rings (SSSR count). The number of aryl methyl sites for hydroxylation is 1. The number of rotatable bonds is 8. The van der Waals surface area contributed by atoms with E-state index in [2.05, 4.69) is 5.32 Å². The van der Waals surface area contributed by atoms with Gasteiger partial charge in [-0.2, -0.15) is 4.31 Å². The zero-order valence-corrected chi connectivity index (χ0v) is 20.7. The zero-order chi connectivity index (χ0) is 25.0. The number of hydrogen-bond donors (Lipinski definition) is 1. The number of hydrogen-bond acceptors (Lipinski definition) is 6. The van der Waals surface area contributed by atoms with E-state index in [-0.39, 0.29) is 47.6 Å². The van der Waals surface area contributed by atoms with Crippen LogP contribution in [0.1, 0.15) is 50.8 Å². The molecule has 1 amide bonds. The Bertz CT molecular complexity index is 1140. The number of amides is 1. The molecule has 0 radical (unpaired) electrons. The van der Waals surface area contributed by atoms with Crippen LogP contribution in [0.5, 0.6) is 5.75 Å². The molecule has 1 aliphatic heterocycles. The molecule has 1 aliphatic rings. The molecule has 184 valence electrons. The predicted octanol–water partition coefficient (Wildman–Crippen LogP) is 3.97. The highest BCUT2D eigenvalue weighted by Gasteiger charge is 2.34. The first kappa shape index (κ1) is 25.6. The first-order valence-corrected chi connectivity index (χ1v) is 12.7. The Kier molecular flexibility index (Phi) is 7.93. The molecule has 1 saturated heterocycles. The number of carbonyl (C=O) groups excluding carboxylic acids is 1. The van der Waals surface area contributed by atoms with Crippen LogP contribution in [0.2, 0.25) is 0 Å². The van der Waals surface area contributed by atoms with E-state index in [4.69, 9.17) is 4.74 Å². The second kappa shape index (κ2) is 10.5. The predicted molar refractivity (Wildman–Crippen MR) is 128 cm³/mol. The van der Waals surface area contributed by atoms with Gasteiger partial charge in [0.1, 0.15) is 5.75 Å². The van der Waals surface area contributed by atoms with Crippen molar-refractivity contribution in [3.8, 4) is 5.75 Å². The molecule has 0 spiro atoms. The Balaban J connectivity index is 1.60. The fourth-order valence-corrected chi connectivity index (χ4v) is 5.71. The van der Waals surface area contributed by atoms with Gasteiger partial charge in [0.25, 0.3) is 5.69 Å². The molecule has 0 aromatic heterocycles. The second-order valence-corrected chi connectivity index (χ2v) is 10.8. The molecule has 2 aromatic rings. The van der Waals surface area contributed by atoms with E-state index in [1.807, 2.05) is 45.0 Å². The Morgan fingerprint density at radius 3 is 2.29 bits per heavy atom. The highest BCUT2D eigenvalue weighted by molar-refractivity contribution is 7.89. The normalized spacial score (nSPS) is 16.3. The highest BCUT2D eigenvalue weighted by atomic mass is 32.2. The van der Waals surface area contributed by atoms with Gasteiger partial charge in [-0.15, -0.1) is 0 Å². The molecule has 9 nitrogen and oxygen atoms in total. The smallest absolute Gasteiger partial charge is 0.270 e. The summed E-state index contributed by atoms with van der Waals surface area (Å²) in [4.78, 5) is 23.2. The van der Waals surface area contributed by atoms with Crippen molar-refractivity contribution in [2.24, 2.45) is 5.92 Å². The van der Waals surface area contributed by atoms with Crippen molar-refractivity contribution in [2.75, 3.05) is 13.1 Å². The van der Waals surface area contributed by atoms with Crippen molar-refractivity contribution in [3.05, 3.63) is 63.7 Å². The van der Waals surface area contributed by atoms with Crippen LogP contribution in [0.3, 0.4) is 0 Å². The molecular weight excluding hydrogens is 458 g/mol. The summed E-state index contributed by atoms with van der Waals surface area (Å²) in [6.07, 6.45) is 0.846. The van der Waals surface area contributed by atoms with Gasteiger partial charge in [-0.1, -0.05) is 18.2 Å². The molecule has 0 saturated carbocycles.